The lowest BCUT2D eigenvalue weighted by molar-refractivity contribution is -0.115. The summed E-state index contributed by atoms with van der Waals surface area (Å²) < 4.78 is 11.3. The van der Waals surface area contributed by atoms with Gasteiger partial charge in [-0.25, -0.2) is 0 Å². The molecule has 0 bridgehead atoms. The molecule has 0 radical (unpaired) electrons. The number of nitrogens with one attached hydrogen (secondary N) is 2. The van der Waals surface area contributed by atoms with Gasteiger partial charge in [0.05, 0.1) is 18.8 Å². The first-order chi connectivity index (χ1) is 12.2. The van der Waals surface area contributed by atoms with Gasteiger partial charge in [-0.05, 0) is 68.6 Å². The first-order valence-corrected chi connectivity index (χ1v) is 8.75. The molecule has 1 saturated carbocycles. The summed E-state index contributed by atoms with van der Waals surface area (Å²) in [7, 11) is 0. The van der Waals surface area contributed by atoms with E-state index in [2.05, 4.69) is 10.6 Å². The van der Waals surface area contributed by atoms with E-state index in [0.717, 1.165) is 18.2 Å². The van der Waals surface area contributed by atoms with Crippen molar-refractivity contribution in [1.29, 1.82) is 0 Å². The second-order valence-corrected chi connectivity index (χ2v) is 6.13. The highest BCUT2D eigenvalue weighted by Gasteiger charge is 2.20. The van der Waals surface area contributed by atoms with Crippen molar-refractivity contribution in [2.24, 2.45) is 5.92 Å². The number of halogens is 1. The summed E-state index contributed by atoms with van der Waals surface area (Å²) in [6.45, 7) is 3.80. The number of carbonyl (C=O) groups is 1. The molecule has 5 nitrogen and oxygen atoms in total. The lowest BCUT2D eigenvalue weighted by Gasteiger charge is -2.13. The van der Waals surface area contributed by atoms with E-state index in [1.54, 1.807) is 0 Å². The van der Waals surface area contributed by atoms with Crippen molar-refractivity contribution in [2.45, 2.75) is 19.8 Å². The van der Waals surface area contributed by atoms with E-state index in [-0.39, 0.29) is 18.3 Å². The zero-order chi connectivity index (χ0) is 17.5. The number of rotatable bonds is 9. The SMILES string of the molecule is CCOc1ccc(Oc2ccccc2NC(=O)CNCC2CC2)cc1.Cl. The molecule has 2 N–H and O–H groups in total. The number of benzene rings is 2. The fourth-order valence-corrected chi connectivity index (χ4v) is 2.46. The number of carbonyl (C=O) groups excluding carboxylic acids is 1. The van der Waals surface area contributed by atoms with Crippen LogP contribution in [0.2, 0.25) is 0 Å². The van der Waals surface area contributed by atoms with Crippen LogP contribution in [0.5, 0.6) is 17.2 Å². The molecule has 0 aliphatic heterocycles. The largest absolute Gasteiger partial charge is 0.494 e. The highest BCUT2D eigenvalue weighted by atomic mass is 35.5. The minimum absolute atomic E-state index is 0. The van der Waals surface area contributed by atoms with Crippen LogP contribution in [-0.4, -0.2) is 25.6 Å². The molecular formula is C20H25ClN2O3. The summed E-state index contributed by atoms with van der Waals surface area (Å²) in [5.41, 5.74) is 0.662. The lowest BCUT2D eigenvalue weighted by atomic mass is 10.2. The van der Waals surface area contributed by atoms with Crippen LogP contribution in [0.4, 0.5) is 5.69 Å². The Morgan fingerprint density at radius 2 is 1.77 bits per heavy atom. The molecule has 3 rings (SSSR count). The number of amides is 1. The molecule has 0 atom stereocenters. The Hall–Kier alpha value is -2.24. The molecule has 1 fully saturated rings. The molecular weight excluding hydrogens is 352 g/mol. The minimum Gasteiger partial charge on any atom is -0.494 e. The van der Waals surface area contributed by atoms with Crippen LogP contribution >= 0.6 is 12.4 Å². The van der Waals surface area contributed by atoms with Gasteiger partial charge in [0.2, 0.25) is 5.91 Å². The molecule has 1 aliphatic rings. The number of hydrogen-bond acceptors (Lipinski definition) is 4. The smallest absolute Gasteiger partial charge is 0.238 e. The van der Waals surface area contributed by atoms with Crippen molar-refractivity contribution in [3.05, 3.63) is 48.5 Å². The Balaban J connectivity index is 0.00000243. The molecule has 2 aromatic rings. The van der Waals surface area contributed by atoms with E-state index in [0.29, 0.717) is 30.3 Å². The Labute approximate surface area is 160 Å². The average molecular weight is 377 g/mol. The molecule has 0 aromatic heterocycles. The molecule has 1 amide bonds. The first-order valence-electron chi connectivity index (χ1n) is 8.75. The van der Waals surface area contributed by atoms with Crippen LogP contribution < -0.4 is 20.1 Å². The summed E-state index contributed by atoms with van der Waals surface area (Å²) in [5.74, 6) is 2.80. The van der Waals surface area contributed by atoms with E-state index in [1.165, 1.54) is 12.8 Å². The fraction of sp³-hybridized carbons (Fsp3) is 0.350. The highest BCUT2D eigenvalue weighted by molar-refractivity contribution is 5.93. The number of hydrogen-bond donors (Lipinski definition) is 2. The van der Waals surface area contributed by atoms with Gasteiger partial charge in [0.25, 0.3) is 0 Å². The fourth-order valence-electron chi connectivity index (χ4n) is 2.46. The topological polar surface area (TPSA) is 59.6 Å². The van der Waals surface area contributed by atoms with Crippen molar-refractivity contribution in [3.8, 4) is 17.2 Å². The predicted molar refractivity (Wildman–Crippen MR) is 106 cm³/mol. The monoisotopic (exact) mass is 376 g/mol. The maximum Gasteiger partial charge on any atom is 0.238 e. The predicted octanol–water partition coefficient (Wildman–Crippen LogP) is 4.24. The molecule has 2 aromatic carbocycles. The van der Waals surface area contributed by atoms with Gasteiger partial charge in [-0.15, -0.1) is 12.4 Å². The van der Waals surface area contributed by atoms with Crippen molar-refractivity contribution in [3.63, 3.8) is 0 Å². The third-order valence-electron chi connectivity index (χ3n) is 3.94. The van der Waals surface area contributed by atoms with Gasteiger partial charge in [0.1, 0.15) is 11.5 Å². The second-order valence-electron chi connectivity index (χ2n) is 6.13. The van der Waals surface area contributed by atoms with Crippen molar-refractivity contribution < 1.29 is 14.3 Å². The van der Waals surface area contributed by atoms with Crippen LogP contribution in [0.3, 0.4) is 0 Å². The summed E-state index contributed by atoms with van der Waals surface area (Å²) in [4.78, 5) is 12.1. The quantitative estimate of drug-likeness (QED) is 0.687. The van der Waals surface area contributed by atoms with E-state index < -0.39 is 0 Å². The van der Waals surface area contributed by atoms with Crippen LogP contribution in [0.25, 0.3) is 0 Å². The van der Waals surface area contributed by atoms with Gasteiger partial charge < -0.3 is 20.1 Å². The molecule has 6 heteroatoms. The second kappa shape index (κ2) is 10.0. The van der Waals surface area contributed by atoms with Gasteiger partial charge in [-0.3, -0.25) is 4.79 Å². The van der Waals surface area contributed by atoms with Crippen LogP contribution in [0.1, 0.15) is 19.8 Å². The van der Waals surface area contributed by atoms with E-state index >= 15 is 0 Å². The van der Waals surface area contributed by atoms with Gasteiger partial charge in [-0.2, -0.15) is 0 Å². The Morgan fingerprint density at radius 1 is 1.08 bits per heavy atom. The molecule has 0 saturated heterocycles. The molecule has 140 valence electrons. The van der Waals surface area contributed by atoms with Gasteiger partial charge in [0, 0.05) is 0 Å². The molecule has 0 heterocycles. The van der Waals surface area contributed by atoms with Gasteiger partial charge in [0.15, 0.2) is 5.75 Å². The summed E-state index contributed by atoms with van der Waals surface area (Å²) in [6.07, 6.45) is 2.54. The van der Waals surface area contributed by atoms with E-state index in [1.807, 2.05) is 55.5 Å². The number of ether oxygens (including phenoxy) is 2. The van der Waals surface area contributed by atoms with Crippen molar-refractivity contribution in [1.82, 2.24) is 5.32 Å². The highest BCUT2D eigenvalue weighted by Crippen LogP contribution is 2.30. The first kappa shape index (κ1) is 20.1. The van der Waals surface area contributed by atoms with Crippen LogP contribution in [0.15, 0.2) is 48.5 Å². The third kappa shape index (κ3) is 6.24. The zero-order valence-corrected chi connectivity index (χ0v) is 15.7. The maximum absolute atomic E-state index is 12.1. The Morgan fingerprint density at radius 3 is 2.46 bits per heavy atom. The standard InChI is InChI=1S/C20H24N2O3.ClH/c1-2-24-16-9-11-17(12-10-16)25-19-6-4-3-5-18(19)22-20(23)14-21-13-15-7-8-15;/h3-6,9-12,15,21H,2,7-8,13-14H2,1H3,(H,22,23);1H. The number of para-hydroxylation sites is 2. The Kier molecular flexibility index (Phi) is 7.75. The Bertz CT molecular complexity index is 702. The van der Waals surface area contributed by atoms with E-state index in [9.17, 15) is 4.79 Å². The third-order valence-corrected chi connectivity index (χ3v) is 3.94. The zero-order valence-electron chi connectivity index (χ0n) is 14.9. The van der Waals surface area contributed by atoms with Crippen molar-refractivity contribution >= 4 is 24.0 Å². The average Bonchev–Trinajstić information content (AvgIpc) is 3.43. The summed E-state index contributed by atoms with van der Waals surface area (Å²) >= 11 is 0. The normalized spacial score (nSPS) is 12.8. The van der Waals surface area contributed by atoms with Crippen molar-refractivity contribution in [2.75, 3.05) is 25.0 Å². The molecule has 0 unspecified atom stereocenters. The summed E-state index contributed by atoms with van der Waals surface area (Å²) in [6, 6.07) is 14.8. The van der Waals surface area contributed by atoms with Crippen LogP contribution in [0, 0.1) is 5.92 Å². The number of anilines is 1. The molecule has 26 heavy (non-hydrogen) atoms. The minimum atomic E-state index is -0.0663. The lowest BCUT2D eigenvalue weighted by Crippen LogP contribution is -2.29. The molecule has 1 aliphatic carbocycles. The van der Waals surface area contributed by atoms with Gasteiger partial charge >= 0.3 is 0 Å². The maximum atomic E-state index is 12.1. The summed E-state index contributed by atoms with van der Waals surface area (Å²) in [5, 5.41) is 6.09. The van der Waals surface area contributed by atoms with E-state index in [4.69, 9.17) is 9.47 Å². The van der Waals surface area contributed by atoms with Gasteiger partial charge in [-0.1, -0.05) is 12.1 Å². The molecule has 0 spiro atoms. The van der Waals surface area contributed by atoms with Crippen LogP contribution in [-0.2, 0) is 4.79 Å².